The number of pyridine rings is 1. The molecule has 1 atom stereocenters. The van der Waals surface area contributed by atoms with Gasteiger partial charge in [0.05, 0.1) is 5.52 Å². The van der Waals surface area contributed by atoms with E-state index in [1.807, 2.05) is 54.4 Å². The summed E-state index contributed by atoms with van der Waals surface area (Å²) in [5.41, 5.74) is 6.88. The largest absolute Gasteiger partial charge is 0.322 e. The SMILES string of the molecule is Cc1cc(-c2n[nH]c3cc4c(cc23)CN([C@@H]2CCCN(Cc3ccccc3Cl)C2)C(=O)N4)ccn1. The summed E-state index contributed by atoms with van der Waals surface area (Å²) in [5, 5.41) is 12.7. The highest BCUT2D eigenvalue weighted by atomic mass is 35.5. The molecule has 0 unspecified atom stereocenters. The minimum absolute atomic E-state index is 0.0362. The van der Waals surface area contributed by atoms with Gasteiger partial charge in [0, 0.05) is 59.2 Å². The summed E-state index contributed by atoms with van der Waals surface area (Å²) in [6.45, 7) is 5.21. The fourth-order valence-corrected chi connectivity index (χ4v) is 5.50. The number of nitrogens with zero attached hydrogens (tertiary/aromatic N) is 4. The predicted octanol–water partition coefficient (Wildman–Crippen LogP) is 5.60. The molecule has 2 aromatic carbocycles. The molecule has 2 aliphatic rings. The molecule has 7 nitrogen and oxygen atoms in total. The maximum Gasteiger partial charge on any atom is 0.322 e. The van der Waals surface area contributed by atoms with Gasteiger partial charge >= 0.3 is 6.03 Å². The van der Waals surface area contributed by atoms with E-state index in [4.69, 9.17) is 11.6 Å². The Labute approximate surface area is 209 Å². The maximum atomic E-state index is 13.1. The number of urea groups is 1. The lowest BCUT2D eigenvalue weighted by atomic mass is 9.99. The van der Waals surface area contributed by atoms with Crippen molar-refractivity contribution in [2.24, 2.45) is 0 Å². The standard InChI is InChI=1S/C27H27ClN6O/c1-17-11-18(8-9-29-17)26-22-12-20-15-34(27(35)30-24(20)13-25(22)31-32-26)21-6-4-10-33(16-21)14-19-5-2-3-7-23(19)28/h2-3,5,7-9,11-13,21H,4,6,10,14-16H2,1H3,(H,30,35)(H,31,32)/t21-/m1/s1. The van der Waals surface area contributed by atoms with Crippen LogP contribution in [0.5, 0.6) is 0 Å². The molecule has 1 saturated heterocycles. The van der Waals surface area contributed by atoms with Crippen LogP contribution in [0.15, 0.2) is 54.7 Å². The van der Waals surface area contributed by atoms with Crippen molar-refractivity contribution in [1.82, 2.24) is 25.0 Å². The first-order valence-corrected chi connectivity index (χ1v) is 12.4. The number of fused-ring (bicyclic) bond motifs is 2. The van der Waals surface area contributed by atoms with Crippen LogP contribution in [0, 0.1) is 6.92 Å². The Kier molecular flexibility index (Phi) is 5.66. The van der Waals surface area contributed by atoms with E-state index in [0.29, 0.717) is 6.54 Å². The van der Waals surface area contributed by atoms with E-state index in [0.717, 1.165) is 82.2 Å². The van der Waals surface area contributed by atoms with E-state index >= 15 is 0 Å². The molecule has 2 aromatic heterocycles. The minimum atomic E-state index is -0.0362. The molecule has 2 N–H and O–H groups in total. The Balaban J connectivity index is 1.25. The third-order valence-corrected chi connectivity index (χ3v) is 7.44. The first-order valence-electron chi connectivity index (χ1n) is 12.0. The second-order valence-corrected chi connectivity index (χ2v) is 9.90. The molecule has 2 aliphatic heterocycles. The zero-order valence-electron chi connectivity index (χ0n) is 19.6. The second-order valence-electron chi connectivity index (χ2n) is 9.49. The highest BCUT2D eigenvalue weighted by Gasteiger charge is 2.32. The minimum Gasteiger partial charge on any atom is -0.316 e. The van der Waals surface area contributed by atoms with E-state index in [1.54, 1.807) is 0 Å². The fraction of sp³-hybridized carbons (Fsp3) is 0.296. The van der Waals surface area contributed by atoms with Gasteiger partial charge in [-0.3, -0.25) is 15.0 Å². The van der Waals surface area contributed by atoms with Crippen LogP contribution in [0.3, 0.4) is 0 Å². The number of H-pyrrole nitrogens is 1. The molecule has 8 heteroatoms. The van der Waals surface area contributed by atoms with Crippen molar-refractivity contribution < 1.29 is 4.79 Å². The summed E-state index contributed by atoms with van der Waals surface area (Å²) in [6, 6.07) is 16.3. The molecule has 1 fully saturated rings. The van der Waals surface area contributed by atoms with Crippen molar-refractivity contribution in [3.05, 3.63) is 76.6 Å². The van der Waals surface area contributed by atoms with Crippen molar-refractivity contribution in [2.45, 2.75) is 38.9 Å². The molecule has 178 valence electrons. The molecule has 6 rings (SSSR count). The Morgan fingerprint density at radius 1 is 1.17 bits per heavy atom. The van der Waals surface area contributed by atoms with Gasteiger partial charge in [-0.05, 0) is 67.8 Å². The van der Waals surface area contributed by atoms with Crippen LogP contribution in [-0.2, 0) is 13.1 Å². The monoisotopic (exact) mass is 486 g/mol. The number of amides is 2. The van der Waals surface area contributed by atoms with Crippen LogP contribution >= 0.6 is 11.6 Å². The average Bonchev–Trinajstić information content (AvgIpc) is 3.26. The summed E-state index contributed by atoms with van der Waals surface area (Å²) in [4.78, 5) is 21.8. The quantitative estimate of drug-likeness (QED) is 0.393. The molecular weight excluding hydrogens is 460 g/mol. The lowest BCUT2D eigenvalue weighted by molar-refractivity contribution is 0.108. The Hall–Kier alpha value is -3.42. The van der Waals surface area contributed by atoms with Gasteiger partial charge < -0.3 is 10.2 Å². The number of aromatic nitrogens is 3. The van der Waals surface area contributed by atoms with E-state index < -0.39 is 0 Å². The van der Waals surface area contributed by atoms with Gasteiger partial charge in [-0.15, -0.1) is 0 Å². The Bertz CT molecular complexity index is 1420. The van der Waals surface area contributed by atoms with E-state index in [9.17, 15) is 4.79 Å². The van der Waals surface area contributed by atoms with E-state index in [-0.39, 0.29) is 12.1 Å². The van der Waals surface area contributed by atoms with Gasteiger partial charge in [0.1, 0.15) is 5.69 Å². The fourth-order valence-electron chi connectivity index (χ4n) is 5.30. The number of aryl methyl sites for hydroxylation is 1. The number of carbonyl (C=O) groups excluding carboxylic acids is 1. The molecule has 35 heavy (non-hydrogen) atoms. The topological polar surface area (TPSA) is 77.2 Å². The highest BCUT2D eigenvalue weighted by Crippen LogP contribution is 2.34. The molecule has 0 bridgehead atoms. The van der Waals surface area contributed by atoms with Crippen LogP contribution in [0.25, 0.3) is 22.2 Å². The van der Waals surface area contributed by atoms with Crippen LogP contribution in [0.4, 0.5) is 10.5 Å². The predicted molar refractivity (Wildman–Crippen MR) is 138 cm³/mol. The summed E-state index contributed by atoms with van der Waals surface area (Å²) < 4.78 is 0. The molecule has 0 aliphatic carbocycles. The summed E-state index contributed by atoms with van der Waals surface area (Å²) in [5.74, 6) is 0. The normalized spacial score (nSPS) is 18.5. The van der Waals surface area contributed by atoms with Crippen molar-refractivity contribution >= 4 is 34.2 Å². The van der Waals surface area contributed by atoms with Crippen LogP contribution in [-0.4, -0.2) is 50.1 Å². The van der Waals surface area contributed by atoms with Gasteiger partial charge in [-0.25, -0.2) is 4.79 Å². The molecule has 2 amide bonds. The third kappa shape index (κ3) is 4.26. The number of nitrogens with one attached hydrogen (secondary N) is 2. The van der Waals surface area contributed by atoms with Gasteiger partial charge in [0.2, 0.25) is 0 Å². The van der Waals surface area contributed by atoms with Crippen molar-refractivity contribution in [3.8, 4) is 11.3 Å². The number of benzene rings is 2. The zero-order chi connectivity index (χ0) is 23.9. The zero-order valence-corrected chi connectivity index (χ0v) is 20.3. The molecule has 0 saturated carbocycles. The molecule has 4 aromatic rings. The van der Waals surface area contributed by atoms with Crippen LogP contribution < -0.4 is 5.32 Å². The van der Waals surface area contributed by atoms with E-state index in [1.165, 1.54) is 0 Å². The van der Waals surface area contributed by atoms with Crippen molar-refractivity contribution in [3.63, 3.8) is 0 Å². The highest BCUT2D eigenvalue weighted by molar-refractivity contribution is 6.31. The first-order chi connectivity index (χ1) is 17.0. The second kappa shape index (κ2) is 8.98. The number of piperidine rings is 1. The number of rotatable bonds is 4. The van der Waals surface area contributed by atoms with Crippen molar-refractivity contribution in [2.75, 3.05) is 18.4 Å². The molecule has 0 spiro atoms. The van der Waals surface area contributed by atoms with Gasteiger partial charge in [-0.1, -0.05) is 29.8 Å². The lowest BCUT2D eigenvalue weighted by Gasteiger charge is -2.41. The first kappa shape index (κ1) is 22.1. The van der Waals surface area contributed by atoms with Gasteiger partial charge in [-0.2, -0.15) is 5.10 Å². The van der Waals surface area contributed by atoms with Gasteiger partial charge in [0.15, 0.2) is 0 Å². The molecule has 0 radical (unpaired) electrons. The number of anilines is 1. The van der Waals surface area contributed by atoms with Gasteiger partial charge in [0.25, 0.3) is 0 Å². The average molecular weight is 487 g/mol. The number of hydrogen-bond acceptors (Lipinski definition) is 4. The Morgan fingerprint density at radius 2 is 2.06 bits per heavy atom. The maximum absolute atomic E-state index is 13.1. The number of likely N-dealkylation sites (tertiary alicyclic amines) is 1. The summed E-state index contributed by atoms with van der Waals surface area (Å²) in [6.07, 6.45) is 3.86. The van der Waals surface area contributed by atoms with Crippen LogP contribution in [0.2, 0.25) is 5.02 Å². The lowest BCUT2D eigenvalue weighted by Crippen LogP contribution is -2.52. The van der Waals surface area contributed by atoms with Crippen LogP contribution in [0.1, 0.15) is 29.7 Å². The Morgan fingerprint density at radius 3 is 2.91 bits per heavy atom. The van der Waals surface area contributed by atoms with E-state index in [2.05, 4.69) is 37.5 Å². The molecular formula is C27H27ClN6O. The number of aromatic amines is 1. The number of halogens is 1. The smallest absolute Gasteiger partial charge is 0.316 e. The summed E-state index contributed by atoms with van der Waals surface area (Å²) in [7, 11) is 0. The molecule has 4 heterocycles. The number of hydrogen-bond donors (Lipinski definition) is 2. The third-order valence-electron chi connectivity index (χ3n) is 7.07. The van der Waals surface area contributed by atoms with Crippen molar-refractivity contribution in [1.29, 1.82) is 0 Å². The summed E-state index contributed by atoms with van der Waals surface area (Å²) >= 11 is 6.40. The number of carbonyl (C=O) groups is 1.